The molecule has 1 aromatic heterocycles. The lowest BCUT2D eigenvalue weighted by Gasteiger charge is -2.32. The second kappa shape index (κ2) is 4.02. The molecule has 1 saturated heterocycles. The molecule has 2 heterocycles. The molecule has 5 heteroatoms. The summed E-state index contributed by atoms with van der Waals surface area (Å²) in [5, 5.41) is 3.04. The monoisotopic (exact) mass is 251 g/mol. The summed E-state index contributed by atoms with van der Waals surface area (Å²) in [6, 6.07) is 5.41. The Kier molecular flexibility index (Phi) is 2.59. The number of hydrogen-bond donors (Lipinski definition) is 1. The quantitative estimate of drug-likeness (QED) is 0.842. The molecule has 1 aliphatic rings. The van der Waals surface area contributed by atoms with Crippen molar-refractivity contribution < 1.29 is 8.78 Å². The first-order chi connectivity index (χ1) is 8.58. The van der Waals surface area contributed by atoms with Crippen molar-refractivity contribution in [2.24, 2.45) is 7.05 Å². The van der Waals surface area contributed by atoms with Crippen molar-refractivity contribution in [3.8, 4) is 0 Å². The Morgan fingerprint density at radius 3 is 3.06 bits per heavy atom. The molecule has 3 nitrogen and oxygen atoms in total. The fourth-order valence-corrected chi connectivity index (χ4v) is 2.55. The van der Waals surface area contributed by atoms with Crippen molar-refractivity contribution in [3.63, 3.8) is 0 Å². The molecule has 1 unspecified atom stereocenters. The first kappa shape index (κ1) is 11.6. The van der Waals surface area contributed by atoms with Crippen LogP contribution in [0, 0.1) is 0 Å². The molecule has 96 valence electrons. The largest absolute Gasteiger partial charge is 0.334 e. The van der Waals surface area contributed by atoms with E-state index in [0.29, 0.717) is 18.7 Å². The van der Waals surface area contributed by atoms with Crippen LogP contribution in [0.1, 0.15) is 17.9 Å². The smallest absolute Gasteiger partial charge is 0.257 e. The topological polar surface area (TPSA) is 29.9 Å². The summed E-state index contributed by atoms with van der Waals surface area (Å²) in [4.78, 5) is 4.20. The Morgan fingerprint density at radius 1 is 1.44 bits per heavy atom. The number of benzene rings is 1. The number of hydrogen-bond acceptors (Lipinski definition) is 2. The van der Waals surface area contributed by atoms with E-state index in [-0.39, 0.29) is 6.42 Å². The standard InChI is InChI=1S/C13H15F2N3/c1-18-8-17-11-3-2-9(6-12(11)18)10-7-16-5-4-13(10,14)15/h2-3,6,8,10,16H,4-5,7H2,1H3. The Labute approximate surface area is 104 Å². The zero-order valence-corrected chi connectivity index (χ0v) is 10.2. The van der Waals surface area contributed by atoms with Crippen LogP contribution >= 0.6 is 0 Å². The zero-order valence-electron chi connectivity index (χ0n) is 10.2. The molecule has 0 aliphatic carbocycles. The molecule has 3 rings (SSSR count). The van der Waals surface area contributed by atoms with Crippen LogP contribution in [-0.4, -0.2) is 28.6 Å². The molecule has 1 aliphatic heterocycles. The second-order valence-corrected chi connectivity index (χ2v) is 4.87. The van der Waals surface area contributed by atoms with Crippen LogP contribution in [0.25, 0.3) is 11.0 Å². The maximum absolute atomic E-state index is 13.9. The molecule has 1 N–H and O–H groups in total. The first-order valence-electron chi connectivity index (χ1n) is 6.07. The van der Waals surface area contributed by atoms with Crippen LogP contribution in [0.3, 0.4) is 0 Å². The molecule has 0 amide bonds. The van der Waals surface area contributed by atoms with Gasteiger partial charge in [0.15, 0.2) is 0 Å². The highest BCUT2D eigenvalue weighted by Gasteiger charge is 2.42. The number of aryl methyl sites for hydroxylation is 1. The second-order valence-electron chi connectivity index (χ2n) is 4.87. The van der Waals surface area contributed by atoms with Crippen molar-refractivity contribution in [1.82, 2.24) is 14.9 Å². The van der Waals surface area contributed by atoms with Gasteiger partial charge in [0.2, 0.25) is 0 Å². The van der Waals surface area contributed by atoms with Gasteiger partial charge in [-0.15, -0.1) is 0 Å². The minimum Gasteiger partial charge on any atom is -0.334 e. The first-order valence-corrected chi connectivity index (χ1v) is 6.07. The zero-order chi connectivity index (χ0) is 12.8. The lowest BCUT2D eigenvalue weighted by Crippen LogP contribution is -2.42. The van der Waals surface area contributed by atoms with E-state index in [1.165, 1.54) is 0 Å². The number of piperidine rings is 1. The van der Waals surface area contributed by atoms with Crippen LogP contribution in [0.15, 0.2) is 24.5 Å². The third-order valence-electron chi connectivity index (χ3n) is 3.65. The summed E-state index contributed by atoms with van der Waals surface area (Å²) in [6.45, 7) is 0.716. The molecule has 1 aromatic carbocycles. The molecule has 1 atom stereocenters. The van der Waals surface area contributed by atoms with E-state index in [0.717, 1.165) is 11.0 Å². The predicted octanol–water partition coefficient (Wildman–Crippen LogP) is 2.29. The van der Waals surface area contributed by atoms with Crippen molar-refractivity contribution in [2.45, 2.75) is 18.3 Å². The highest BCUT2D eigenvalue weighted by atomic mass is 19.3. The predicted molar refractivity (Wildman–Crippen MR) is 65.9 cm³/mol. The van der Waals surface area contributed by atoms with Crippen LogP contribution in [-0.2, 0) is 7.05 Å². The molecule has 0 bridgehead atoms. The fraction of sp³-hybridized carbons (Fsp3) is 0.462. The molecule has 18 heavy (non-hydrogen) atoms. The highest BCUT2D eigenvalue weighted by molar-refractivity contribution is 5.76. The van der Waals surface area contributed by atoms with Gasteiger partial charge < -0.3 is 9.88 Å². The van der Waals surface area contributed by atoms with E-state index >= 15 is 0 Å². The van der Waals surface area contributed by atoms with E-state index in [4.69, 9.17) is 0 Å². The van der Waals surface area contributed by atoms with Crippen molar-refractivity contribution in [3.05, 3.63) is 30.1 Å². The van der Waals surface area contributed by atoms with Gasteiger partial charge in [-0.2, -0.15) is 0 Å². The van der Waals surface area contributed by atoms with Gasteiger partial charge in [0.05, 0.1) is 23.3 Å². The number of nitrogens with one attached hydrogen (secondary N) is 1. The van der Waals surface area contributed by atoms with Gasteiger partial charge >= 0.3 is 0 Å². The molecular weight excluding hydrogens is 236 g/mol. The minimum absolute atomic E-state index is 0.0961. The summed E-state index contributed by atoms with van der Waals surface area (Å²) in [5.74, 6) is -3.37. The van der Waals surface area contributed by atoms with Gasteiger partial charge in [0.25, 0.3) is 5.92 Å². The lowest BCUT2D eigenvalue weighted by molar-refractivity contribution is -0.0479. The number of halogens is 2. The number of rotatable bonds is 1. The van der Waals surface area contributed by atoms with E-state index in [1.807, 2.05) is 23.7 Å². The number of alkyl halides is 2. The maximum atomic E-state index is 13.9. The normalized spacial score (nSPS) is 23.4. The average Bonchev–Trinajstić information content (AvgIpc) is 2.70. The highest BCUT2D eigenvalue weighted by Crippen LogP contribution is 2.38. The SMILES string of the molecule is Cn1cnc2ccc(C3CNCCC3(F)F)cc21. The van der Waals surface area contributed by atoms with Crippen molar-refractivity contribution in [2.75, 3.05) is 13.1 Å². The summed E-state index contributed by atoms with van der Waals surface area (Å²) < 4.78 is 29.7. The van der Waals surface area contributed by atoms with E-state index in [9.17, 15) is 8.78 Å². The Hall–Kier alpha value is -1.49. The molecule has 1 fully saturated rings. The summed E-state index contributed by atoms with van der Waals surface area (Å²) in [5.41, 5.74) is 2.42. The number of imidazole rings is 1. The van der Waals surface area contributed by atoms with Crippen LogP contribution < -0.4 is 5.32 Å². The van der Waals surface area contributed by atoms with E-state index in [2.05, 4.69) is 10.3 Å². The molecular formula is C13H15F2N3. The summed E-state index contributed by atoms with van der Waals surface area (Å²) in [7, 11) is 1.87. The number of fused-ring (bicyclic) bond motifs is 1. The van der Waals surface area contributed by atoms with Gasteiger partial charge in [-0.3, -0.25) is 0 Å². The van der Waals surface area contributed by atoms with Crippen LogP contribution in [0.5, 0.6) is 0 Å². The molecule has 2 aromatic rings. The van der Waals surface area contributed by atoms with Gasteiger partial charge in [-0.05, 0) is 17.7 Å². The van der Waals surface area contributed by atoms with Gasteiger partial charge in [-0.1, -0.05) is 6.07 Å². The van der Waals surface area contributed by atoms with Gasteiger partial charge in [0, 0.05) is 26.6 Å². The number of nitrogens with zero attached hydrogens (tertiary/aromatic N) is 2. The average molecular weight is 251 g/mol. The maximum Gasteiger partial charge on any atom is 0.257 e. The Balaban J connectivity index is 2.05. The van der Waals surface area contributed by atoms with Crippen molar-refractivity contribution in [1.29, 1.82) is 0 Å². The fourth-order valence-electron chi connectivity index (χ4n) is 2.55. The molecule has 0 saturated carbocycles. The Morgan fingerprint density at radius 2 is 2.28 bits per heavy atom. The summed E-state index contributed by atoms with van der Waals surface area (Å²) >= 11 is 0. The van der Waals surface area contributed by atoms with Crippen LogP contribution in [0.2, 0.25) is 0 Å². The third kappa shape index (κ3) is 1.79. The van der Waals surface area contributed by atoms with E-state index in [1.54, 1.807) is 12.4 Å². The molecule has 0 radical (unpaired) electrons. The van der Waals surface area contributed by atoms with Gasteiger partial charge in [0.1, 0.15) is 0 Å². The summed E-state index contributed by atoms with van der Waals surface area (Å²) in [6.07, 6.45) is 1.60. The van der Waals surface area contributed by atoms with E-state index < -0.39 is 11.8 Å². The minimum atomic E-state index is -2.63. The molecule has 0 spiro atoms. The lowest BCUT2D eigenvalue weighted by atomic mass is 9.88. The number of aromatic nitrogens is 2. The van der Waals surface area contributed by atoms with Gasteiger partial charge in [-0.25, -0.2) is 13.8 Å². The Bertz CT molecular complexity index is 577. The van der Waals surface area contributed by atoms with Crippen LogP contribution in [0.4, 0.5) is 8.78 Å². The third-order valence-corrected chi connectivity index (χ3v) is 3.65. The van der Waals surface area contributed by atoms with Crippen molar-refractivity contribution >= 4 is 11.0 Å².